The average Bonchev–Trinajstić information content (AvgIpc) is 3.48. The second kappa shape index (κ2) is 13.4. The van der Waals surface area contributed by atoms with E-state index in [1.807, 2.05) is 13.0 Å². The van der Waals surface area contributed by atoms with Crippen molar-refractivity contribution in [2.75, 3.05) is 31.9 Å². The Hall–Kier alpha value is -2.20. The highest BCUT2D eigenvalue weighted by atomic mass is 35.5. The van der Waals surface area contributed by atoms with Crippen LogP contribution in [0.25, 0.3) is 0 Å². The van der Waals surface area contributed by atoms with Gasteiger partial charge < -0.3 is 9.80 Å². The highest BCUT2D eigenvalue weighted by Crippen LogP contribution is 2.34. The van der Waals surface area contributed by atoms with Crippen LogP contribution in [0.4, 0.5) is 17.1 Å². The Labute approximate surface area is 248 Å². The fraction of sp³-hybridized carbons (Fsp3) is 0.429. The number of halogens is 2. The molecule has 11 heteroatoms. The number of nitrogens with zero attached hydrogens (tertiary/aromatic N) is 5. The van der Waals surface area contributed by atoms with Crippen LogP contribution in [0.3, 0.4) is 0 Å². The van der Waals surface area contributed by atoms with Crippen LogP contribution in [-0.4, -0.2) is 62.2 Å². The fourth-order valence-electron chi connectivity index (χ4n) is 4.39. The van der Waals surface area contributed by atoms with Crippen molar-refractivity contribution >= 4 is 74.1 Å². The molecule has 2 aromatic carbocycles. The van der Waals surface area contributed by atoms with Crippen molar-refractivity contribution in [1.82, 2.24) is 9.80 Å². The Bertz CT molecular complexity index is 1320. The zero-order valence-electron chi connectivity index (χ0n) is 22.6. The number of hydrogen-bond acceptors (Lipinski definition) is 6. The second-order valence-corrected chi connectivity index (χ2v) is 13.1. The van der Waals surface area contributed by atoms with Crippen LogP contribution in [0.2, 0.25) is 10.0 Å². The topological polar surface area (TPSA) is 74.3 Å². The molecule has 0 saturated carbocycles. The van der Waals surface area contributed by atoms with Gasteiger partial charge >= 0.3 is 0 Å². The Morgan fingerprint density at radius 3 is 2.67 bits per heavy atom. The third-order valence-corrected chi connectivity index (χ3v) is 9.55. The van der Waals surface area contributed by atoms with E-state index in [0.29, 0.717) is 16.0 Å². The van der Waals surface area contributed by atoms with Gasteiger partial charge in [-0.05, 0) is 49.6 Å². The molecular weight excluding hydrogens is 573 g/mol. The monoisotopic (exact) mass is 605 g/mol. The summed E-state index contributed by atoms with van der Waals surface area (Å²) in [6.07, 6.45) is 3.44. The number of non-ortho nitro benzene ring substituents is 1. The first-order valence-corrected chi connectivity index (χ1v) is 15.6. The van der Waals surface area contributed by atoms with E-state index in [1.165, 1.54) is 11.6 Å². The molecule has 2 atom stereocenters. The molecule has 7 nitrogen and oxygen atoms in total. The van der Waals surface area contributed by atoms with Crippen LogP contribution in [0.1, 0.15) is 32.8 Å². The number of thioether (sulfide) groups is 2. The Morgan fingerprint density at radius 2 is 1.97 bits per heavy atom. The molecule has 2 aliphatic rings. The summed E-state index contributed by atoms with van der Waals surface area (Å²) in [6, 6.07) is 10.3. The largest absolute Gasteiger partial charge is 0.349 e. The molecule has 0 aliphatic carbocycles. The van der Waals surface area contributed by atoms with E-state index in [9.17, 15) is 10.1 Å². The highest BCUT2D eigenvalue weighted by Gasteiger charge is 2.29. The van der Waals surface area contributed by atoms with Crippen molar-refractivity contribution in [2.24, 2.45) is 15.9 Å². The van der Waals surface area contributed by atoms with E-state index in [0.717, 1.165) is 65.6 Å². The number of amidine groups is 2. The van der Waals surface area contributed by atoms with Crippen LogP contribution in [0.5, 0.6) is 0 Å². The molecule has 2 heterocycles. The molecule has 2 saturated heterocycles. The van der Waals surface area contributed by atoms with Crippen molar-refractivity contribution in [3.05, 3.63) is 73.8 Å². The third-order valence-electron chi connectivity index (χ3n) is 6.67. The first-order chi connectivity index (χ1) is 18.6. The summed E-state index contributed by atoms with van der Waals surface area (Å²) in [5.41, 5.74) is 3.75. The predicted octanol–water partition coefficient (Wildman–Crippen LogP) is 8.34. The van der Waals surface area contributed by atoms with E-state index in [1.54, 1.807) is 47.8 Å². The number of aryl methyl sites for hydroxylation is 1. The molecule has 0 amide bonds. The number of benzene rings is 2. The maximum Gasteiger partial charge on any atom is 0.269 e. The predicted molar refractivity (Wildman–Crippen MR) is 169 cm³/mol. The third kappa shape index (κ3) is 7.93. The van der Waals surface area contributed by atoms with Crippen LogP contribution in [0, 0.1) is 23.0 Å². The Balaban J connectivity index is 1.49. The molecular formula is C28H33Cl2N5O2S2. The molecule has 208 valence electrons. The van der Waals surface area contributed by atoms with E-state index in [2.05, 4.69) is 36.6 Å². The van der Waals surface area contributed by atoms with Crippen molar-refractivity contribution in [2.45, 2.75) is 39.4 Å². The molecule has 2 unspecified atom stereocenters. The Morgan fingerprint density at radius 1 is 1.18 bits per heavy atom. The van der Waals surface area contributed by atoms with Crippen LogP contribution < -0.4 is 0 Å². The molecule has 2 fully saturated rings. The maximum atomic E-state index is 11.2. The van der Waals surface area contributed by atoms with E-state index >= 15 is 0 Å². The maximum absolute atomic E-state index is 11.2. The van der Waals surface area contributed by atoms with Gasteiger partial charge in [-0.25, -0.2) is 9.98 Å². The summed E-state index contributed by atoms with van der Waals surface area (Å²) >= 11 is 15.8. The van der Waals surface area contributed by atoms with E-state index < -0.39 is 0 Å². The number of nitro groups is 1. The van der Waals surface area contributed by atoms with Crippen LogP contribution in [-0.2, 0) is 0 Å². The first kappa shape index (κ1) is 29.8. The molecule has 0 N–H and O–H groups in total. The number of rotatable bonds is 9. The van der Waals surface area contributed by atoms with Gasteiger partial charge in [0.05, 0.1) is 26.3 Å². The zero-order chi connectivity index (χ0) is 28.1. The van der Waals surface area contributed by atoms with Gasteiger partial charge in [0.25, 0.3) is 5.69 Å². The smallest absolute Gasteiger partial charge is 0.269 e. The lowest BCUT2D eigenvalue weighted by molar-refractivity contribution is -0.384. The SMILES string of the molecule is CCC(C)CN1CC(/C=C(/C)CN2CCSC2=Nc2ccc(Cl)c(Cl)c2)SC1=Nc1ccc([N+](=O)[O-])cc1C. The van der Waals surface area contributed by atoms with Gasteiger partial charge in [0, 0.05) is 49.3 Å². The minimum atomic E-state index is -0.368. The lowest BCUT2D eigenvalue weighted by Crippen LogP contribution is -2.30. The molecule has 0 spiro atoms. The summed E-state index contributed by atoms with van der Waals surface area (Å²) in [7, 11) is 0. The van der Waals surface area contributed by atoms with Gasteiger partial charge in [0.1, 0.15) is 0 Å². The van der Waals surface area contributed by atoms with Gasteiger partial charge in [-0.2, -0.15) is 0 Å². The van der Waals surface area contributed by atoms with Gasteiger partial charge in [0.2, 0.25) is 0 Å². The summed E-state index contributed by atoms with van der Waals surface area (Å²) in [5, 5.41) is 14.4. The molecule has 2 aliphatic heterocycles. The lowest BCUT2D eigenvalue weighted by atomic mass is 10.1. The minimum Gasteiger partial charge on any atom is -0.349 e. The average molecular weight is 607 g/mol. The normalized spacial score (nSPS) is 20.9. The van der Waals surface area contributed by atoms with Crippen molar-refractivity contribution in [3.8, 4) is 0 Å². The number of hydrogen-bond donors (Lipinski definition) is 0. The van der Waals surface area contributed by atoms with Crippen LogP contribution >= 0.6 is 46.7 Å². The van der Waals surface area contributed by atoms with E-state index in [-0.39, 0.29) is 15.9 Å². The Kier molecular flexibility index (Phi) is 10.3. The first-order valence-electron chi connectivity index (χ1n) is 13.0. The summed E-state index contributed by atoms with van der Waals surface area (Å²) in [4.78, 5) is 25.2. The summed E-state index contributed by atoms with van der Waals surface area (Å²) in [5.74, 6) is 1.54. The summed E-state index contributed by atoms with van der Waals surface area (Å²) in [6.45, 7) is 12.1. The molecule has 0 radical (unpaired) electrons. The lowest BCUT2D eigenvalue weighted by Gasteiger charge is -2.22. The minimum absolute atomic E-state index is 0.0885. The van der Waals surface area contributed by atoms with Gasteiger partial charge in [-0.15, -0.1) is 0 Å². The molecule has 39 heavy (non-hydrogen) atoms. The van der Waals surface area contributed by atoms with Crippen molar-refractivity contribution in [3.63, 3.8) is 0 Å². The van der Waals surface area contributed by atoms with E-state index in [4.69, 9.17) is 33.2 Å². The quantitative estimate of drug-likeness (QED) is 0.162. The molecule has 0 bridgehead atoms. The molecule has 4 rings (SSSR count). The van der Waals surface area contributed by atoms with Gasteiger partial charge in [-0.1, -0.05) is 78.6 Å². The molecule has 0 aromatic heterocycles. The fourth-order valence-corrected chi connectivity index (χ4v) is 6.96. The van der Waals surface area contributed by atoms with Gasteiger partial charge in [-0.3, -0.25) is 10.1 Å². The van der Waals surface area contributed by atoms with Gasteiger partial charge in [0.15, 0.2) is 10.3 Å². The van der Waals surface area contributed by atoms with Crippen molar-refractivity contribution < 1.29 is 4.92 Å². The number of nitro benzene ring substituents is 1. The standard InChI is InChI=1S/C28H33Cl2N5O2S2/c1-5-18(2)15-34-17-23(39-28(34)32-26-9-7-22(35(36)37)13-20(26)4)12-19(3)16-33-10-11-38-27(33)31-21-6-8-24(29)25(30)14-21/h6-9,12-14,18,23H,5,10-11,15-17H2,1-4H3/b19-12-,31-27?,32-28?. The molecule has 2 aromatic rings. The zero-order valence-corrected chi connectivity index (χ0v) is 25.7. The summed E-state index contributed by atoms with van der Waals surface area (Å²) < 4.78 is 0. The number of aliphatic imine (C=N–C) groups is 2. The highest BCUT2D eigenvalue weighted by molar-refractivity contribution is 8.14. The second-order valence-electron chi connectivity index (χ2n) is 9.97. The van der Waals surface area contributed by atoms with Crippen LogP contribution in [0.15, 0.2) is 58.0 Å². The van der Waals surface area contributed by atoms with Crippen molar-refractivity contribution in [1.29, 1.82) is 0 Å².